The molecule has 0 fully saturated rings. The first-order valence-corrected chi connectivity index (χ1v) is 9.73. The first kappa shape index (κ1) is 21.9. The van der Waals surface area contributed by atoms with E-state index in [4.69, 9.17) is 11.6 Å². The molecule has 2 rings (SSSR count). The third kappa shape index (κ3) is 6.08. The molecule has 0 radical (unpaired) electrons. The van der Waals surface area contributed by atoms with Gasteiger partial charge in [0, 0.05) is 16.4 Å². The zero-order valence-electron chi connectivity index (χ0n) is 17.1. The Morgan fingerprint density at radius 2 is 1.46 bits per heavy atom. The number of halogens is 1. The zero-order chi connectivity index (χ0) is 20.8. The van der Waals surface area contributed by atoms with Crippen LogP contribution in [0.15, 0.2) is 30.3 Å². The maximum atomic E-state index is 12.5. The van der Waals surface area contributed by atoms with Gasteiger partial charge in [-0.05, 0) is 63.1 Å². The topological polar surface area (TPSA) is 61.4 Å². The Labute approximate surface area is 172 Å². The van der Waals surface area contributed by atoms with E-state index in [1.165, 1.54) is 0 Å². The van der Waals surface area contributed by atoms with Gasteiger partial charge in [-0.25, -0.2) is 0 Å². The maximum Gasteiger partial charge on any atom is 0.238 e. The second-order valence-corrected chi connectivity index (χ2v) is 7.57. The molecule has 0 saturated heterocycles. The largest absolute Gasteiger partial charge is 0.325 e. The van der Waals surface area contributed by atoms with E-state index >= 15 is 0 Å². The van der Waals surface area contributed by atoms with Crippen LogP contribution in [0.5, 0.6) is 0 Å². The van der Waals surface area contributed by atoms with Crippen LogP contribution in [0.1, 0.15) is 29.2 Å². The summed E-state index contributed by atoms with van der Waals surface area (Å²) in [5, 5.41) is 6.41. The highest BCUT2D eigenvalue weighted by Gasteiger charge is 2.15. The van der Waals surface area contributed by atoms with E-state index in [-0.39, 0.29) is 24.9 Å². The Kier molecular flexibility index (Phi) is 7.61. The highest BCUT2D eigenvalue weighted by Crippen LogP contribution is 2.22. The van der Waals surface area contributed by atoms with E-state index in [1.807, 2.05) is 52.8 Å². The molecule has 2 aromatic carbocycles. The number of rotatable bonds is 7. The molecular formula is C22H28ClN3O2. The molecule has 150 valence electrons. The van der Waals surface area contributed by atoms with E-state index in [9.17, 15) is 9.59 Å². The molecule has 0 aliphatic rings. The van der Waals surface area contributed by atoms with Gasteiger partial charge < -0.3 is 10.6 Å². The molecule has 0 atom stereocenters. The minimum absolute atomic E-state index is 0.127. The quantitative estimate of drug-likeness (QED) is 0.719. The second kappa shape index (κ2) is 9.71. The number of carbonyl (C=O) groups excluding carboxylic acids is 2. The van der Waals surface area contributed by atoms with Gasteiger partial charge in [-0.15, -0.1) is 0 Å². The molecule has 0 bridgehead atoms. The molecule has 2 amide bonds. The minimum Gasteiger partial charge on any atom is -0.325 e. The molecule has 0 aliphatic heterocycles. The van der Waals surface area contributed by atoms with Crippen molar-refractivity contribution in [3.05, 3.63) is 57.6 Å². The van der Waals surface area contributed by atoms with Crippen molar-refractivity contribution in [1.29, 1.82) is 0 Å². The van der Waals surface area contributed by atoms with E-state index in [2.05, 4.69) is 10.6 Å². The molecule has 2 N–H and O–H groups in total. The van der Waals surface area contributed by atoms with Gasteiger partial charge in [-0.2, -0.15) is 0 Å². The third-order valence-electron chi connectivity index (χ3n) is 4.60. The minimum atomic E-state index is -0.178. The lowest BCUT2D eigenvalue weighted by Gasteiger charge is -2.21. The van der Waals surface area contributed by atoms with Gasteiger partial charge in [0.15, 0.2) is 0 Å². The van der Waals surface area contributed by atoms with Crippen LogP contribution in [0.25, 0.3) is 0 Å². The van der Waals surface area contributed by atoms with Crippen molar-refractivity contribution in [2.45, 2.75) is 34.6 Å². The summed E-state index contributed by atoms with van der Waals surface area (Å²) in [6, 6.07) is 9.45. The van der Waals surface area contributed by atoms with Crippen LogP contribution >= 0.6 is 11.6 Å². The molecule has 5 nitrogen and oxygen atoms in total. The number of nitrogens with zero attached hydrogens (tertiary/aromatic N) is 1. The molecule has 0 aromatic heterocycles. The number of hydrogen-bond donors (Lipinski definition) is 2. The zero-order valence-corrected chi connectivity index (χ0v) is 17.9. The van der Waals surface area contributed by atoms with Crippen LogP contribution < -0.4 is 10.6 Å². The van der Waals surface area contributed by atoms with Crippen molar-refractivity contribution in [1.82, 2.24) is 4.90 Å². The number of likely N-dealkylation sites (N-methyl/N-ethyl adjacent to an activating group) is 1. The third-order valence-corrected chi connectivity index (χ3v) is 4.83. The fourth-order valence-electron chi connectivity index (χ4n) is 3.16. The fraction of sp³-hybridized carbons (Fsp3) is 0.364. The van der Waals surface area contributed by atoms with Gasteiger partial charge in [0.1, 0.15) is 0 Å². The van der Waals surface area contributed by atoms with E-state index in [0.29, 0.717) is 17.3 Å². The summed E-state index contributed by atoms with van der Waals surface area (Å²) in [6.07, 6.45) is 0. The summed E-state index contributed by atoms with van der Waals surface area (Å²) >= 11 is 6.00. The van der Waals surface area contributed by atoms with Crippen LogP contribution in [-0.4, -0.2) is 36.3 Å². The number of benzene rings is 2. The van der Waals surface area contributed by atoms with Crippen molar-refractivity contribution in [3.8, 4) is 0 Å². The first-order valence-electron chi connectivity index (χ1n) is 9.35. The molecule has 0 saturated carbocycles. The smallest absolute Gasteiger partial charge is 0.238 e. The summed E-state index contributed by atoms with van der Waals surface area (Å²) in [7, 11) is 0. The van der Waals surface area contributed by atoms with Crippen molar-refractivity contribution in [2.75, 3.05) is 30.3 Å². The van der Waals surface area contributed by atoms with E-state index < -0.39 is 0 Å². The Balaban J connectivity index is 1.97. The molecule has 6 heteroatoms. The Morgan fingerprint density at radius 3 is 2.04 bits per heavy atom. The number of anilines is 2. The molecule has 0 unspecified atom stereocenters. The van der Waals surface area contributed by atoms with Gasteiger partial charge in [0.25, 0.3) is 0 Å². The highest BCUT2D eigenvalue weighted by atomic mass is 35.5. The van der Waals surface area contributed by atoms with Crippen molar-refractivity contribution >= 4 is 34.8 Å². The SMILES string of the molecule is CCN(CC(=O)Nc1cc(Cl)ccc1C)CC(=O)Nc1c(C)cc(C)cc1C. The van der Waals surface area contributed by atoms with Gasteiger partial charge >= 0.3 is 0 Å². The van der Waals surface area contributed by atoms with E-state index in [0.717, 1.165) is 27.9 Å². The predicted molar refractivity (Wildman–Crippen MR) is 116 cm³/mol. The second-order valence-electron chi connectivity index (χ2n) is 7.13. The summed E-state index contributed by atoms with van der Waals surface area (Å²) in [4.78, 5) is 26.7. The van der Waals surface area contributed by atoms with Crippen molar-refractivity contribution in [3.63, 3.8) is 0 Å². The molecule has 28 heavy (non-hydrogen) atoms. The number of amides is 2. The van der Waals surface area contributed by atoms with Gasteiger partial charge in [0.2, 0.25) is 11.8 Å². The van der Waals surface area contributed by atoms with Crippen LogP contribution in [0.3, 0.4) is 0 Å². The lowest BCUT2D eigenvalue weighted by molar-refractivity contribution is -0.119. The predicted octanol–water partition coefficient (Wildman–Crippen LogP) is 4.47. The number of hydrogen-bond acceptors (Lipinski definition) is 3. The van der Waals surface area contributed by atoms with Crippen LogP contribution in [0.4, 0.5) is 11.4 Å². The molecule has 0 heterocycles. The average molecular weight is 402 g/mol. The number of nitrogens with one attached hydrogen (secondary N) is 2. The van der Waals surface area contributed by atoms with Gasteiger partial charge in [-0.3, -0.25) is 14.5 Å². The van der Waals surface area contributed by atoms with Gasteiger partial charge in [-0.1, -0.05) is 42.3 Å². The van der Waals surface area contributed by atoms with Crippen LogP contribution in [0.2, 0.25) is 5.02 Å². The van der Waals surface area contributed by atoms with Crippen molar-refractivity contribution in [2.24, 2.45) is 0 Å². The summed E-state index contributed by atoms with van der Waals surface area (Å²) in [5.74, 6) is -0.314. The lowest BCUT2D eigenvalue weighted by Crippen LogP contribution is -2.38. The first-order chi connectivity index (χ1) is 13.2. The van der Waals surface area contributed by atoms with Crippen molar-refractivity contribution < 1.29 is 9.59 Å². The summed E-state index contributed by atoms with van der Waals surface area (Å²) in [5.41, 5.74) is 5.68. The lowest BCUT2D eigenvalue weighted by atomic mass is 10.1. The average Bonchev–Trinajstić information content (AvgIpc) is 2.60. The molecule has 0 aliphatic carbocycles. The standard InChI is InChI=1S/C22H28ClN3O2/c1-6-26(12-20(27)24-19-11-18(23)8-7-15(19)3)13-21(28)25-22-16(4)9-14(2)10-17(22)5/h7-11H,6,12-13H2,1-5H3,(H,24,27)(H,25,28). The van der Waals surface area contributed by atoms with Crippen LogP contribution in [0, 0.1) is 27.7 Å². The monoisotopic (exact) mass is 401 g/mol. The molecule has 2 aromatic rings. The summed E-state index contributed by atoms with van der Waals surface area (Å²) in [6.45, 7) is 10.7. The normalized spacial score (nSPS) is 10.8. The number of carbonyl (C=O) groups is 2. The highest BCUT2D eigenvalue weighted by molar-refractivity contribution is 6.31. The molecule has 0 spiro atoms. The van der Waals surface area contributed by atoms with Crippen LogP contribution in [-0.2, 0) is 9.59 Å². The van der Waals surface area contributed by atoms with Gasteiger partial charge in [0.05, 0.1) is 13.1 Å². The molecular weight excluding hydrogens is 374 g/mol. The Morgan fingerprint density at radius 1 is 0.893 bits per heavy atom. The van der Waals surface area contributed by atoms with E-state index in [1.54, 1.807) is 17.0 Å². The fourth-order valence-corrected chi connectivity index (χ4v) is 3.33. The maximum absolute atomic E-state index is 12.5. The Hall–Kier alpha value is -2.37. The summed E-state index contributed by atoms with van der Waals surface area (Å²) < 4.78 is 0. The number of aryl methyl sites for hydroxylation is 4. The Bertz CT molecular complexity index is 857.